The smallest absolute Gasteiger partial charge is 0.295 e. The van der Waals surface area contributed by atoms with Crippen LogP contribution < -0.4 is 10.3 Å². The van der Waals surface area contributed by atoms with E-state index < -0.39 is 11.9 Å². The van der Waals surface area contributed by atoms with Crippen molar-refractivity contribution in [2.45, 2.75) is 39.2 Å². The van der Waals surface area contributed by atoms with Crippen LogP contribution in [-0.4, -0.2) is 5.91 Å². The highest BCUT2D eigenvalue weighted by molar-refractivity contribution is 6.10. The van der Waals surface area contributed by atoms with Crippen molar-refractivity contribution in [1.29, 1.82) is 0 Å². The second kappa shape index (κ2) is 7.41. The van der Waals surface area contributed by atoms with E-state index in [-0.39, 0.29) is 39.0 Å². The minimum absolute atomic E-state index is 0.00510. The predicted molar refractivity (Wildman–Crippen MR) is 127 cm³/mol. The van der Waals surface area contributed by atoms with Gasteiger partial charge < -0.3 is 4.42 Å². The maximum atomic E-state index is 13.9. The van der Waals surface area contributed by atoms with Crippen LogP contribution in [0.2, 0.25) is 0 Å². The van der Waals surface area contributed by atoms with Crippen LogP contribution in [0.15, 0.2) is 75.9 Å². The molecular weight excluding hydrogens is 417 g/mol. The summed E-state index contributed by atoms with van der Waals surface area (Å²) in [5, 5.41) is 0.129. The molecule has 5 rings (SSSR count). The summed E-state index contributed by atoms with van der Waals surface area (Å²) in [6.07, 6.45) is 0. The first kappa shape index (κ1) is 21.1. The average Bonchev–Trinajstić information content (AvgIpc) is 3.06. The Morgan fingerprint density at radius 3 is 2.33 bits per heavy atom. The lowest BCUT2D eigenvalue weighted by atomic mass is 9.86. The number of amides is 1. The molecule has 0 N–H and O–H groups in total. The molecule has 166 valence electrons. The number of anilines is 1. The number of fused-ring (bicyclic) bond motifs is 2. The van der Waals surface area contributed by atoms with Crippen molar-refractivity contribution in [1.82, 2.24) is 0 Å². The summed E-state index contributed by atoms with van der Waals surface area (Å²) >= 11 is 0. The summed E-state index contributed by atoms with van der Waals surface area (Å²) in [4.78, 5) is 28.8. The standard InChI is InChI=1S/C28H24FNO3/c1-16-6-5-7-20(14-16)30-24(17-8-10-18(11-9-17)28(2,3)4)23-25(31)21-15-19(29)12-13-22(21)33-26(23)27(30)32/h5-15,24H,1-4H3. The first-order valence-corrected chi connectivity index (χ1v) is 10.9. The molecule has 0 fully saturated rings. The molecule has 33 heavy (non-hydrogen) atoms. The van der Waals surface area contributed by atoms with Crippen molar-refractivity contribution in [3.8, 4) is 0 Å². The Morgan fingerprint density at radius 2 is 1.67 bits per heavy atom. The fraction of sp³-hybridized carbons (Fsp3) is 0.214. The normalized spacial score (nSPS) is 15.8. The lowest BCUT2D eigenvalue weighted by molar-refractivity contribution is 0.0971. The first-order chi connectivity index (χ1) is 15.6. The molecule has 1 aromatic heterocycles. The molecule has 0 aliphatic carbocycles. The largest absolute Gasteiger partial charge is 0.450 e. The van der Waals surface area contributed by atoms with E-state index in [2.05, 4.69) is 20.8 Å². The Morgan fingerprint density at radius 1 is 0.939 bits per heavy atom. The van der Waals surface area contributed by atoms with Gasteiger partial charge >= 0.3 is 0 Å². The Kier molecular flexibility index (Phi) is 4.74. The van der Waals surface area contributed by atoms with Gasteiger partial charge in [-0.2, -0.15) is 0 Å². The van der Waals surface area contributed by atoms with Crippen molar-refractivity contribution < 1.29 is 13.6 Å². The molecule has 0 radical (unpaired) electrons. The zero-order chi connectivity index (χ0) is 23.5. The van der Waals surface area contributed by atoms with Crippen LogP contribution in [-0.2, 0) is 5.41 Å². The van der Waals surface area contributed by atoms with Gasteiger partial charge in [-0.3, -0.25) is 14.5 Å². The van der Waals surface area contributed by atoms with E-state index in [4.69, 9.17) is 4.42 Å². The molecule has 4 aromatic rings. The summed E-state index contributed by atoms with van der Waals surface area (Å²) in [5.74, 6) is -0.907. The Bertz CT molecular complexity index is 1460. The van der Waals surface area contributed by atoms with Crippen molar-refractivity contribution >= 4 is 22.6 Å². The number of halogens is 1. The van der Waals surface area contributed by atoms with Crippen molar-refractivity contribution in [2.24, 2.45) is 0 Å². The van der Waals surface area contributed by atoms with E-state index >= 15 is 0 Å². The molecule has 5 heteroatoms. The third-order valence-electron chi connectivity index (χ3n) is 6.20. The maximum absolute atomic E-state index is 13.9. The third-order valence-corrected chi connectivity index (χ3v) is 6.20. The number of aryl methyl sites for hydroxylation is 1. The predicted octanol–water partition coefficient (Wildman–Crippen LogP) is 6.29. The van der Waals surface area contributed by atoms with Crippen molar-refractivity contribution in [3.63, 3.8) is 0 Å². The van der Waals surface area contributed by atoms with Crippen LogP contribution in [0.5, 0.6) is 0 Å². The van der Waals surface area contributed by atoms with Crippen LogP contribution >= 0.6 is 0 Å². The second-order valence-electron chi connectivity index (χ2n) is 9.60. The summed E-state index contributed by atoms with van der Waals surface area (Å²) in [6, 6.07) is 18.6. The number of nitrogens with zero attached hydrogens (tertiary/aromatic N) is 1. The van der Waals surface area contributed by atoms with Gasteiger partial charge in [0.1, 0.15) is 11.4 Å². The van der Waals surface area contributed by atoms with E-state index in [0.29, 0.717) is 5.69 Å². The highest BCUT2D eigenvalue weighted by Crippen LogP contribution is 2.41. The third kappa shape index (κ3) is 3.44. The van der Waals surface area contributed by atoms with Crippen LogP contribution in [0.25, 0.3) is 11.0 Å². The molecule has 1 atom stereocenters. The molecule has 1 amide bonds. The highest BCUT2D eigenvalue weighted by atomic mass is 19.1. The molecule has 2 heterocycles. The summed E-state index contributed by atoms with van der Waals surface area (Å²) in [7, 11) is 0. The monoisotopic (exact) mass is 441 g/mol. The Balaban J connectivity index is 1.78. The van der Waals surface area contributed by atoms with Gasteiger partial charge in [-0.25, -0.2) is 4.39 Å². The van der Waals surface area contributed by atoms with Gasteiger partial charge in [-0.05, 0) is 59.4 Å². The molecule has 1 unspecified atom stereocenters. The number of hydrogen-bond donors (Lipinski definition) is 0. The van der Waals surface area contributed by atoms with Gasteiger partial charge in [0.2, 0.25) is 5.76 Å². The number of benzene rings is 3. The molecule has 0 bridgehead atoms. The molecule has 0 saturated heterocycles. The lowest BCUT2D eigenvalue weighted by Crippen LogP contribution is -2.29. The fourth-order valence-electron chi connectivity index (χ4n) is 4.47. The van der Waals surface area contributed by atoms with Crippen molar-refractivity contribution in [2.75, 3.05) is 4.90 Å². The van der Waals surface area contributed by atoms with Crippen LogP contribution in [0, 0.1) is 12.7 Å². The van der Waals surface area contributed by atoms with Gasteiger partial charge in [0.05, 0.1) is 17.0 Å². The van der Waals surface area contributed by atoms with Gasteiger partial charge in [-0.15, -0.1) is 0 Å². The van der Waals surface area contributed by atoms with E-state index in [0.717, 1.165) is 16.7 Å². The van der Waals surface area contributed by atoms with Crippen LogP contribution in [0.3, 0.4) is 0 Å². The molecule has 3 aromatic carbocycles. The zero-order valence-electron chi connectivity index (χ0n) is 19.0. The van der Waals surface area contributed by atoms with E-state index in [1.165, 1.54) is 18.2 Å². The van der Waals surface area contributed by atoms with E-state index in [1.807, 2.05) is 55.5 Å². The van der Waals surface area contributed by atoms with Gasteiger partial charge in [0, 0.05) is 5.69 Å². The van der Waals surface area contributed by atoms with Gasteiger partial charge in [0.15, 0.2) is 5.43 Å². The Hall–Kier alpha value is -3.73. The Labute approximate surface area is 191 Å². The van der Waals surface area contributed by atoms with Crippen LogP contribution in [0.4, 0.5) is 10.1 Å². The van der Waals surface area contributed by atoms with Gasteiger partial charge in [0.25, 0.3) is 5.91 Å². The molecule has 0 saturated carbocycles. The fourth-order valence-corrected chi connectivity index (χ4v) is 4.47. The SMILES string of the molecule is Cc1cccc(N2C(=O)c3oc4ccc(F)cc4c(=O)c3C2c2ccc(C(C)(C)C)cc2)c1. The average molecular weight is 442 g/mol. The summed E-state index contributed by atoms with van der Waals surface area (Å²) in [6.45, 7) is 8.34. The number of rotatable bonds is 2. The minimum Gasteiger partial charge on any atom is -0.450 e. The summed E-state index contributed by atoms with van der Waals surface area (Å²) in [5.41, 5.74) is 3.61. The molecule has 4 nitrogen and oxygen atoms in total. The van der Waals surface area contributed by atoms with Crippen LogP contribution in [0.1, 0.15) is 59.6 Å². The van der Waals surface area contributed by atoms with E-state index in [1.54, 1.807) is 4.90 Å². The second-order valence-corrected chi connectivity index (χ2v) is 9.60. The number of hydrogen-bond acceptors (Lipinski definition) is 3. The summed E-state index contributed by atoms with van der Waals surface area (Å²) < 4.78 is 19.9. The molecule has 1 aliphatic heterocycles. The topological polar surface area (TPSA) is 50.5 Å². The minimum atomic E-state index is -0.674. The number of carbonyl (C=O) groups is 1. The number of carbonyl (C=O) groups excluding carboxylic acids is 1. The maximum Gasteiger partial charge on any atom is 0.295 e. The molecule has 1 aliphatic rings. The lowest BCUT2D eigenvalue weighted by Gasteiger charge is -2.26. The zero-order valence-corrected chi connectivity index (χ0v) is 19.0. The highest BCUT2D eigenvalue weighted by Gasteiger charge is 2.43. The van der Waals surface area contributed by atoms with Crippen molar-refractivity contribution in [3.05, 3.63) is 111 Å². The first-order valence-electron chi connectivity index (χ1n) is 10.9. The van der Waals surface area contributed by atoms with Gasteiger partial charge in [-0.1, -0.05) is 57.2 Å². The van der Waals surface area contributed by atoms with E-state index in [9.17, 15) is 14.0 Å². The quantitative estimate of drug-likeness (QED) is 0.367. The molecular formula is C28H24FNO3. The molecule has 0 spiro atoms.